The third-order valence-corrected chi connectivity index (χ3v) is 5.44. The number of hydrogen-bond donors (Lipinski definition) is 1. The van der Waals surface area contributed by atoms with Gasteiger partial charge in [-0.1, -0.05) is 13.8 Å². The molecule has 21 heavy (non-hydrogen) atoms. The minimum atomic E-state index is -0.0648. The number of ether oxygens (including phenoxy) is 1. The van der Waals surface area contributed by atoms with Crippen molar-refractivity contribution in [2.45, 2.75) is 71.6 Å². The minimum absolute atomic E-state index is 0.0648. The van der Waals surface area contributed by atoms with Gasteiger partial charge in [0.15, 0.2) is 0 Å². The summed E-state index contributed by atoms with van der Waals surface area (Å²) in [5, 5.41) is 8.34. The zero-order valence-corrected chi connectivity index (χ0v) is 15.3. The number of aromatic nitrogens is 2. The van der Waals surface area contributed by atoms with E-state index in [0.29, 0.717) is 6.04 Å². The summed E-state index contributed by atoms with van der Waals surface area (Å²) in [6.45, 7) is 11.5. The Bertz CT molecular complexity index is 466. The normalized spacial score (nSPS) is 23.7. The van der Waals surface area contributed by atoms with Gasteiger partial charge in [0.25, 0.3) is 0 Å². The fourth-order valence-corrected chi connectivity index (χ4v) is 3.96. The molecule has 0 amide bonds. The average molecular weight is 358 g/mol. The molecule has 4 nitrogen and oxygen atoms in total. The smallest absolute Gasteiger partial charge is 0.0811 e. The predicted molar refractivity (Wildman–Crippen MR) is 89.7 cm³/mol. The van der Waals surface area contributed by atoms with Crippen LogP contribution in [0, 0.1) is 0 Å². The molecule has 1 N–H and O–H groups in total. The third-order valence-electron chi connectivity index (χ3n) is 4.53. The molecule has 5 heteroatoms. The largest absolute Gasteiger partial charge is 0.374 e. The van der Waals surface area contributed by atoms with Crippen LogP contribution >= 0.6 is 15.9 Å². The Labute approximate surface area is 136 Å². The summed E-state index contributed by atoms with van der Waals surface area (Å²) in [6, 6.07) is 0.327. The van der Waals surface area contributed by atoms with Crippen molar-refractivity contribution in [2.24, 2.45) is 0 Å². The van der Waals surface area contributed by atoms with Crippen molar-refractivity contribution >= 4 is 15.9 Å². The number of hydrogen-bond acceptors (Lipinski definition) is 3. The predicted octanol–water partition coefficient (Wildman–Crippen LogP) is 3.32. The van der Waals surface area contributed by atoms with E-state index in [1.807, 2.05) is 0 Å². The SMILES string of the molecule is CCNC(Cc1c(Br)c(CC)nn1CC)C1(C)CCCO1. The number of aryl methyl sites for hydroxylation is 2. The lowest BCUT2D eigenvalue weighted by molar-refractivity contribution is -0.0115. The van der Waals surface area contributed by atoms with Crippen molar-refractivity contribution in [3.63, 3.8) is 0 Å². The molecule has 2 rings (SSSR count). The summed E-state index contributed by atoms with van der Waals surface area (Å²) in [6.07, 6.45) is 4.20. The summed E-state index contributed by atoms with van der Waals surface area (Å²) < 4.78 is 9.37. The van der Waals surface area contributed by atoms with Crippen LogP contribution in [-0.4, -0.2) is 34.6 Å². The Kier molecular flexibility index (Phi) is 5.86. The molecular weight excluding hydrogens is 330 g/mol. The molecule has 1 saturated heterocycles. The van der Waals surface area contributed by atoms with E-state index in [0.717, 1.165) is 51.1 Å². The van der Waals surface area contributed by atoms with Crippen molar-refractivity contribution in [1.29, 1.82) is 0 Å². The molecule has 0 aliphatic carbocycles. The maximum absolute atomic E-state index is 6.07. The second-order valence-electron chi connectivity index (χ2n) is 5.96. The van der Waals surface area contributed by atoms with E-state index in [1.165, 1.54) is 10.2 Å². The molecule has 0 saturated carbocycles. The van der Waals surface area contributed by atoms with Crippen LogP contribution in [0.5, 0.6) is 0 Å². The highest BCUT2D eigenvalue weighted by atomic mass is 79.9. The highest BCUT2D eigenvalue weighted by molar-refractivity contribution is 9.10. The quantitative estimate of drug-likeness (QED) is 0.813. The van der Waals surface area contributed by atoms with Gasteiger partial charge in [0, 0.05) is 25.6 Å². The summed E-state index contributed by atoms with van der Waals surface area (Å²) in [5.74, 6) is 0. The molecule has 0 bridgehead atoms. The zero-order chi connectivity index (χ0) is 15.5. The Morgan fingerprint density at radius 3 is 2.71 bits per heavy atom. The first-order valence-electron chi connectivity index (χ1n) is 8.17. The van der Waals surface area contributed by atoms with E-state index >= 15 is 0 Å². The second-order valence-corrected chi connectivity index (χ2v) is 6.75. The third kappa shape index (κ3) is 3.51. The second kappa shape index (κ2) is 7.25. The molecule has 2 atom stereocenters. The maximum atomic E-state index is 6.07. The molecule has 1 fully saturated rings. The van der Waals surface area contributed by atoms with Crippen molar-refractivity contribution in [3.05, 3.63) is 15.9 Å². The molecule has 1 aliphatic rings. The van der Waals surface area contributed by atoms with E-state index < -0.39 is 0 Å². The standard InChI is InChI=1S/C16H28BrN3O/c1-5-12-15(17)13(20(7-3)19-12)11-14(18-6-2)16(4)9-8-10-21-16/h14,18H,5-11H2,1-4H3. The number of nitrogens with one attached hydrogen (secondary N) is 1. The fourth-order valence-electron chi connectivity index (χ4n) is 3.23. The molecule has 120 valence electrons. The molecular formula is C16H28BrN3O. The van der Waals surface area contributed by atoms with Crippen molar-refractivity contribution < 1.29 is 4.74 Å². The van der Waals surface area contributed by atoms with Gasteiger partial charge in [0.05, 0.1) is 21.5 Å². The lowest BCUT2D eigenvalue weighted by Gasteiger charge is -2.34. The van der Waals surface area contributed by atoms with Crippen LogP contribution in [0.4, 0.5) is 0 Å². The average Bonchev–Trinajstić information content (AvgIpc) is 3.04. The monoisotopic (exact) mass is 357 g/mol. The lowest BCUT2D eigenvalue weighted by Crippen LogP contribution is -2.50. The van der Waals surface area contributed by atoms with Crippen molar-refractivity contribution in [2.75, 3.05) is 13.2 Å². The fraction of sp³-hybridized carbons (Fsp3) is 0.812. The van der Waals surface area contributed by atoms with Gasteiger partial charge < -0.3 is 10.1 Å². The molecule has 2 unspecified atom stereocenters. The Balaban J connectivity index is 2.26. The highest BCUT2D eigenvalue weighted by Gasteiger charge is 2.38. The first kappa shape index (κ1) is 17.0. The topological polar surface area (TPSA) is 39.1 Å². The summed E-state index contributed by atoms with van der Waals surface area (Å²) in [5.41, 5.74) is 2.38. The summed E-state index contributed by atoms with van der Waals surface area (Å²) in [4.78, 5) is 0. The van der Waals surface area contributed by atoms with Crippen LogP contribution in [0.15, 0.2) is 4.47 Å². The van der Waals surface area contributed by atoms with E-state index in [9.17, 15) is 0 Å². The molecule has 0 radical (unpaired) electrons. The van der Waals surface area contributed by atoms with Crippen LogP contribution in [0.3, 0.4) is 0 Å². The Morgan fingerprint density at radius 1 is 1.43 bits per heavy atom. The van der Waals surface area contributed by atoms with Crippen LogP contribution in [0.1, 0.15) is 51.9 Å². The number of rotatable bonds is 7. The van der Waals surface area contributed by atoms with Gasteiger partial charge in [-0.05, 0) is 55.6 Å². The summed E-state index contributed by atoms with van der Waals surface area (Å²) in [7, 11) is 0. The Hall–Kier alpha value is -0.390. The van der Waals surface area contributed by atoms with Crippen LogP contribution in [0.25, 0.3) is 0 Å². The van der Waals surface area contributed by atoms with Crippen LogP contribution in [0.2, 0.25) is 0 Å². The molecule has 0 spiro atoms. The zero-order valence-electron chi connectivity index (χ0n) is 13.7. The van der Waals surface area contributed by atoms with Crippen molar-refractivity contribution in [1.82, 2.24) is 15.1 Å². The van der Waals surface area contributed by atoms with Gasteiger partial charge in [0.2, 0.25) is 0 Å². The molecule has 2 heterocycles. The molecule has 0 aromatic carbocycles. The minimum Gasteiger partial charge on any atom is -0.374 e. The van der Waals surface area contributed by atoms with Crippen molar-refractivity contribution in [3.8, 4) is 0 Å². The number of likely N-dealkylation sites (N-methyl/N-ethyl adjacent to an activating group) is 1. The van der Waals surface area contributed by atoms with Gasteiger partial charge in [-0.25, -0.2) is 0 Å². The van der Waals surface area contributed by atoms with Gasteiger partial charge in [-0.2, -0.15) is 5.10 Å². The van der Waals surface area contributed by atoms with E-state index in [-0.39, 0.29) is 5.60 Å². The number of halogens is 1. The van der Waals surface area contributed by atoms with Gasteiger partial charge in [-0.15, -0.1) is 0 Å². The first-order chi connectivity index (χ1) is 10.1. The van der Waals surface area contributed by atoms with E-state index in [2.05, 4.69) is 53.6 Å². The van der Waals surface area contributed by atoms with Gasteiger partial charge >= 0.3 is 0 Å². The first-order valence-corrected chi connectivity index (χ1v) is 8.96. The maximum Gasteiger partial charge on any atom is 0.0811 e. The van der Waals surface area contributed by atoms with Crippen LogP contribution in [-0.2, 0) is 24.1 Å². The van der Waals surface area contributed by atoms with Crippen LogP contribution < -0.4 is 5.32 Å². The Morgan fingerprint density at radius 2 is 2.19 bits per heavy atom. The molecule has 1 aromatic rings. The van der Waals surface area contributed by atoms with E-state index in [1.54, 1.807) is 0 Å². The number of nitrogens with zero attached hydrogens (tertiary/aromatic N) is 2. The molecule has 1 aromatic heterocycles. The highest BCUT2D eigenvalue weighted by Crippen LogP contribution is 2.32. The molecule has 1 aliphatic heterocycles. The van der Waals surface area contributed by atoms with E-state index in [4.69, 9.17) is 9.84 Å². The van der Waals surface area contributed by atoms with Gasteiger partial charge in [0.1, 0.15) is 0 Å². The summed E-state index contributed by atoms with van der Waals surface area (Å²) >= 11 is 3.76. The van der Waals surface area contributed by atoms with Gasteiger partial charge in [-0.3, -0.25) is 4.68 Å². The lowest BCUT2D eigenvalue weighted by atomic mass is 9.89.